The van der Waals surface area contributed by atoms with Crippen LogP contribution in [0.15, 0.2) is 42.5 Å². The zero-order chi connectivity index (χ0) is 14.3. The molecule has 0 saturated heterocycles. The lowest BCUT2D eigenvalue weighted by atomic mass is 10.1. The van der Waals surface area contributed by atoms with E-state index in [9.17, 15) is 4.79 Å². The molecule has 1 amide bonds. The average molecular weight is 266 g/mol. The fourth-order valence-electron chi connectivity index (χ4n) is 2.80. The monoisotopic (exact) mass is 266 g/mol. The second kappa shape index (κ2) is 4.67. The number of aryl methyl sites for hydroxylation is 1. The number of benzene rings is 2. The van der Waals surface area contributed by atoms with E-state index in [4.69, 9.17) is 5.73 Å². The molecule has 2 N–H and O–H groups in total. The van der Waals surface area contributed by atoms with E-state index in [1.165, 1.54) is 0 Å². The summed E-state index contributed by atoms with van der Waals surface area (Å²) in [6, 6.07) is 13.6. The number of carbonyl (C=O) groups excluding carboxylic acids is 1. The van der Waals surface area contributed by atoms with Gasteiger partial charge in [0.15, 0.2) is 0 Å². The van der Waals surface area contributed by atoms with Gasteiger partial charge in [0, 0.05) is 23.0 Å². The molecule has 3 nitrogen and oxygen atoms in total. The third-order valence-electron chi connectivity index (χ3n) is 3.84. The number of anilines is 2. The molecule has 1 unspecified atom stereocenters. The van der Waals surface area contributed by atoms with Crippen LogP contribution in [-0.4, -0.2) is 11.9 Å². The molecule has 0 spiro atoms. The summed E-state index contributed by atoms with van der Waals surface area (Å²) in [5.74, 6) is 0.0565. The van der Waals surface area contributed by atoms with Crippen LogP contribution in [-0.2, 0) is 6.42 Å². The standard InChI is InChI=1S/C17H18N2O/c1-11-3-5-13(6-4-11)17(20)19-12(2)9-14-10-15(18)7-8-16(14)19/h3-8,10,12H,9,18H2,1-2H3. The van der Waals surface area contributed by atoms with Crippen molar-refractivity contribution in [3.05, 3.63) is 59.2 Å². The predicted octanol–water partition coefficient (Wildman–Crippen LogP) is 3.17. The Morgan fingerprint density at radius 1 is 1.20 bits per heavy atom. The van der Waals surface area contributed by atoms with Crippen molar-refractivity contribution in [3.8, 4) is 0 Å². The number of hydrogen-bond acceptors (Lipinski definition) is 2. The Morgan fingerprint density at radius 2 is 1.90 bits per heavy atom. The van der Waals surface area contributed by atoms with Gasteiger partial charge in [0.1, 0.15) is 0 Å². The first kappa shape index (κ1) is 12.7. The third kappa shape index (κ3) is 2.05. The van der Waals surface area contributed by atoms with Crippen LogP contribution in [0.3, 0.4) is 0 Å². The highest BCUT2D eigenvalue weighted by molar-refractivity contribution is 6.07. The summed E-state index contributed by atoms with van der Waals surface area (Å²) in [5.41, 5.74) is 10.6. The predicted molar refractivity (Wildman–Crippen MR) is 82.0 cm³/mol. The molecule has 3 rings (SSSR count). The fraction of sp³-hybridized carbons (Fsp3) is 0.235. The third-order valence-corrected chi connectivity index (χ3v) is 3.84. The number of carbonyl (C=O) groups is 1. The molecule has 0 radical (unpaired) electrons. The van der Waals surface area contributed by atoms with E-state index >= 15 is 0 Å². The second-order valence-corrected chi connectivity index (χ2v) is 5.48. The van der Waals surface area contributed by atoms with Crippen LogP contribution in [0.4, 0.5) is 11.4 Å². The number of nitrogens with zero attached hydrogens (tertiary/aromatic N) is 1. The van der Waals surface area contributed by atoms with Gasteiger partial charge in [-0.05, 0) is 56.2 Å². The highest BCUT2D eigenvalue weighted by Gasteiger charge is 2.31. The Balaban J connectivity index is 1.98. The zero-order valence-corrected chi connectivity index (χ0v) is 11.8. The van der Waals surface area contributed by atoms with E-state index in [0.29, 0.717) is 0 Å². The minimum absolute atomic E-state index is 0.0565. The Labute approximate surface area is 119 Å². The SMILES string of the molecule is Cc1ccc(C(=O)N2c3ccc(N)cc3CC2C)cc1. The molecule has 1 aliphatic rings. The molecule has 0 saturated carbocycles. The van der Waals surface area contributed by atoms with Crippen LogP contribution < -0.4 is 10.6 Å². The summed E-state index contributed by atoms with van der Waals surface area (Å²) in [6.45, 7) is 4.09. The molecule has 3 heteroatoms. The van der Waals surface area contributed by atoms with Gasteiger partial charge in [0.25, 0.3) is 5.91 Å². The summed E-state index contributed by atoms with van der Waals surface area (Å²) in [4.78, 5) is 14.6. The minimum atomic E-state index is 0.0565. The highest BCUT2D eigenvalue weighted by Crippen LogP contribution is 2.34. The van der Waals surface area contributed by atoms with Crippen molar-refractivity contribution in [1.82, 2.24) is 0 Å². The molecule has 2 aromatic carbocycles. The lowest BCUT2D eigenvalue weighted by molar-refractivity contribution is 0.0981. The van der Waals surface area contributed by atoms with E-state index < -0.39 is 0 Å². The first-order valence-electron chi connectivity index (χ1n) is 6.85. The summed E-state index contributed by atoms with van der Waals surface area (Å²) in [6.07, 6.45) is 0.859. The average Bonchev–Trinajstić information content (AvgIpc) is 2.73. The van der Waals surface area contributed by atoms with Gasteiger partial charge in [-0.2, -0.15) is 0 Å². The number of rotatable bonds is 1. The number of hydrogen-bond donors (Lipinski definition) is 1. The molecular weight excluding hydrogens is 248 g/mol. The largest absolute Gasteiger partial charge is 0.399 e. The van der Waals surface area contributed by atoms with Crippen molar-refractivity contribution in [2.24, 2.45) is 0 Å². The topological polar surface area (TPSA) is 46.3 Å². The van der Waals surface area contributed by atoms with Gasteiger partial charge in [-0.15, -0.1) is 0 Å². The van der Waals surface area contributed by atoms with Gasteiger partial charge >= 0.3 is 0 Å². The van der Waals surface area contributed by atoms with E-state index in [0.717, 1.165) is 34.5 Å². The molecule has 0 bridgehead atoms. The Morgan fingerprint density at radius 3 is 2.60 bits per heavy atom. The van der Waals surface area contributed by atoms with E-state index in [1.807, 2.05) is 54.3 Å². The van der Waals surface area contributed by atoms with Crippen LogP contribution in [0.1, 0.15) is 28.4 Å². The first-order valence-corrected chi connectivity index (χ1v) is 6.85. The van der Waals surface area contributed by atoms with Crippen molar-refractivity contribution in [1.29, 1.82) is 0 Å². The van der Waals surface area contributed by atoms with Gasteiger partial charge in [-0.1, -0.05) is 17.7 Å². The molecule has 0 aromatic heterocycles. The number of nitrogens with two attached hydrogens (primary N) is 1. The van der Waals surface area contributed by atoms with Gasteiger partial charge < -0.3 is 10.6 Å². The molecule has 0 fully saturated rings. The quantitative estimate of drug-likeness (QED) is 0.806. The fourth-order valence-corrected chi connectivity index (χ4v) is 2.80. The van der Waals surface area contributed by atoms with Crippen molar-refractivity contribution < 1.29 is 4.79 Å². The number of fused-ring (bicyclic) bond motifs is 1. The molecule has 1 heterocycles. The van der Waals surface area contributed by atoms with Gasteiger partial charge in [0.05, 0.1) is 0 Å². The maximum Gasteiger partial charge on any atom is 0.258 e. The van der Waals surface area contributed by atoms with Crippen LogP contribution in [0.2, 0.25) is 0 Å². The zero-order valence-electron chi connectivity index (χ0n) is 11.8. The second-order valence-electron chi connectivity index (χ2n) is 5.48. The van der Waals surface area contributed by atoms with Crippen molar-refractivity contribution in [3.63, 3.8) is 0 Å². The van der Waals surface area contributed by atoms with Gasteiger partial charge in [-0.3, -0.25) is 4.79 Å². The van der Waals surface area contributed by atoms with Gasteiger partial charge in [-0.25, -0.2) is 0 Å². The lowest BCUT2D eigenvalue weighted by Gasteiger charge is -2.23. The van der Waals surface area contributed by atoms with E-state index in [-0.39, 0.29) is 11.9 Å². The van der Waals surface area contributed by atoms with Crippen LogP contribution in [0, 0.1) is 6.92 Å². The first-order chi connectivity index (χ1) is 9.56. The Bertz CT molecular complexity index is 661. The van der Waals surface area contributed by atoms with Crippen molar-refractivity contribution in [2.45, 2.75) is 26.3 Å². The highest BCUT2D eigenvalue weighted by atomic mass is 16.2. The molecule has 1 atom stereocenters. The molecule has 20 heavy (non-hydrogen) atoms. The lowest BCUT2D eigenvalue weighted by Crippen LogP contribution is -2.35. The summed E-state index contributed by atoms with van der Waals surface area (Å²) < 4.78 is 0. The summed E-state index contributed by atoms with van der Waals surface area (Å²) in [5, 5.41) is 0. The minimum Gasteiger partial charge on any atom is -0.399 e. The normalized spacial score (nSPS) is 17.1. The number of nitrogen functional groups attached to an aromatic ring is 1. The maximum atomic E-state index is 12.7. The van der Waals surface area contributed by atoms with Crippen LogP contribution in [0.5, 0.6) is 0 Å². The molecular formula is C17H18N2O. The van der Waals surface area contributed by atoms with E-state index in [1.54, 1.807) is 0 Å². The van der Waals surface area contributed by atoms with Crippen LogP contribution in [0.25, 0.3) is 0 Å². The summed E-state index contributed by atoms with van der Waals surface area (Å²) in [7, 11) is 0. The Kier molecular flexibility index (Phi) is 2.97. The van der Waals surface area contributed by atoms with E-state index in [2.05, 4.69) is 6.92 Å². The van der Waals surface area contributed by atoms with Gasteiger partial charge in [0.2, 0.25) is 0 Å². The molecule has 102 valence electrons. The Hall–Kier alpha value is -2.29. The van der Waals surface area contributed by atoms with Crippen LogP contribution >= 0.6 is 0 Å². The molecule has 2 aromatic rings. The molecule has 0 aliphatic carbocycles. The van der Waals surface area contributed by atoms with Crippen molar-refractivity contribution >= 4 is 17.3 Å². The van der Waals surface area contributed by atoms with Crippen molar-refractivity contribution in [2.75, 3.05) is 10.6 Å². The summed E-state index contributed by atoms with van der Waals surface area (Å²) >= 11 is 0. The maximum absolute atomic E-state index is 12.7. The smallest absolute Gasteiger partial charge is 0.258 e. The number of amides is 1. The molecule has 1 aliphatic heterocycles.